The van der Waals surface area contributed by atoms with Crippen molar-refractivity contribution < 1.29 is 42.9 Å². The number of nitrogens with zero attached hydrogens (tertiary/aromatic N) is 1. The largest absolute Gasteiger partial charge is 0.463 e. The zero-order valence-corrected chi connectivity index (χ0v) is 18.1. The maximum atomic E-state index is 11.7. The number of carbonyl (C=O) groups is 4. The second-order valence-corrected chi connectivity index (χ2v) is 8.61. The second-order valence-electron chi connectivity index (χ2n) is 6.18. The topological polar surface area (TPSA) is 127 Å². The van der Waals surface area contributed by atoms with Crippen LogP contribution in [-0.4, -0.2) is 77.0 Å². The number of rotatable bonds is 6. The number of hydrogen-bond donors (Lipinski definition) is 0. The summed E-state index contributed by atoms with van der Waals surface area (Å²) in [6.07, 6.45) is -4.30. The van der Waals surface area contributed by atoms with Gasteiger partial charge in [-0.15, -0.1) is 0 Å². The van der Waals surface area contributed by atoms with Crippen LogP contribution in [0.2, 0.25) is 0 Å². The van der Waals surface area contributed by atoms with Crippen LogP contribution in [0.25, 0.3) is 0 Å². The molecule has 1 saturated heterocycles. The summed E-state index contributed by atoms with van der Waals surface area (Å²) in [5.41, 5.74) is -0.819. The number of esters is 4. The molecule has 10 nitrogen and oxygen atoms in total. The lowest BCUT2D eigenvalue weighted by molar-refractivity contribution is -0.237. The maximum Gasteiger partial charge on any atom is 0.303 e. The van der Waals surface area contributed by atoms with E-state index in [-0.39, 0.29) is 6.61 Å². The number of carbonyl (C=O) groups excluding carboxylic acids is 4. The molecule has 0 aliphatic carbocycles. The normalized spacial score (nSPS) is 28.8. The van der Waals surface area contributed by atoms with E-state index >= 15 is 0 Å². The highest BCUT2D eigenvalue weighted by atomic mass is 32.2. The standard InChI is InChI=1S/C17H23NO9S2/c1-8(19)23-7-12-13(24-9(2)20)14(25-10(3)21)15(26-11(4)22)16(27-12)29-17-18-5-6-28-17/h12-16H,5-7H2,1-4H3/t12-,13+,14+,15-,16+/m1/s1. The van der Waals surface area contributed by atoms with Gasteiger partial charge in [0.25, 0.3) is 0 Å². The molecule has 12 heteroatoms. The Morgan fingerprint density at radius 3 is 2.07 bits per heavy atom. The van der Waals surface area contributed by atoms with Crippen LogP contribution in [-0.2, 0) is 42.9 Å². The summed E-state index contributed by atoms with van der Waals surface area (Å²) >= 11 is 2.73. The van der Waals surface area contributed by atoms with E-state index in [0.717, 1.165) is 10.1 Å². The van der Waals surface area contributed by atoms with Gasteiger partial charge in [0.15, 0.2) is 23.7 Å². The van der Waals surface area contributed by atoms with E-state index in [1.54, 1.807) is 0 Å². The predicted molar refractivity (Wildman–Crippen MR) is 104 cm³/mol. The zero-order valence-electron chi connectivity index (χ0n) is 16.4. The van der Waals surface area contributed by atoms with Crippen LogP contribution in [0, 0.1) is 0 Å². The number of aliphatic imine (C=N–C) groups is 1. The third-order valence-corrected chi connectivity index (χ3v) is 6.07. The molecule has 162 valence electrons. The Morgan fingerprint density at radius 1 is 0.966 bits per heavy atom. The zero-order chi connectivity index (χ0) is 21.6. The van der Waals surface area contributed by atoms with E-state index < -0.39 is 53.7 Å². The van der Waals surface area contributed by atoms with Crippen molar-refractivity contribution in [1.82, 2.24) is 0 Å². The van der Waals surface area contributed by atoms with Gasteiger partial charge in [-0.3, -0.25) is 24.2 Å². The highest BCUT2D eigenvalue weighted by Gasteiger charge is 2.52. The first-order chi connectivity index (χ1) is 13.7. The molecule has 29 heavy (non-hydrogen) atoms. The van der Waals surface area contributed by atoms with Crippen LogP contribution >= 0.6 is 23.5 Å². The minimum atomic E-state index is -1.15. The molecule has 0 aromatic carbocycles. The Bertz CT molecular complexity index is 684. The molecule has 1 fully saturated rings. The van der Waals surface area contributed by atoms with Gasteiger partial charge >= 0.3 is 23.9 Å². The fraction of sp³-hybridized carbons (Fsp3) is 0.706. The summed E-state index contributed by atoms with van der Waals surface area (Å²) in [5, 5.41) is 0. The van der Waals surface area contributed by atoms with E-state index in [4.69, 9.17) is 23.7 Å². The average Bonchev–Trinajstić information content (AvgIpc) is 3.10. The van der Waals surface area contributed by atoms with E-state index in [0.29, 0.717) is 6.54 Å². The Balaban J connectivity index is 2.37. The fourth-order valence-corrected chi connectivity index (χ4v) is 5.02. The smallest absolute Gasteiger partial charge is 0.303 e. The van der Waals surface area contributed by atoms with Crippen molar-refractivity contribution >= 4 is 51.8 Å². The van der Waals surface area contributed by atoms with Gasteiger partial charge in [-0.1, -0.05) is 23.5 Å². The lowest BCUT2D eigenvalue weighted by Crippen LogP contribution is -2.61. The van der Waals surface area contributed by atoms with Gasteiger partial charge in [-0.2, -0.15) is 0 Å². The summed E-state index contributed by atoms with van der Waals surface area (Å²) in [4.78, 5) is 50.7. The highest BCUT2D eigenvalue weighted by molar-refractivity contribution is 8.39. The molecule has 2 heterocycles. The van der Waals surface area contributed by atoms with Crippen molar-refractivity contribution in [1.29, 1.82) is 0 Å². The molecule has 2 rings (SSSR count). The first kappa shape index (κ1) is 23.5. The van der Waals surface area contributed by atoms with Gasteiger partial charge in [0.05, 0.1) is 6.54 Å². The fourth-order valence-electron chi connectivity index (χ4n) is 2.77. The summed E-state index contributed by atoms with van der Waals surface area (Å²) < 4.78 is 27.8. The molecule has 0 bridgehead atoms. The van der Waals surface area contributed by atoms with Crippen molar-refractivity contribution in [3.8, 4) is 0 Å². The Morgan fingerprint density at radius 2 is 1.55 bits per heavy atom. The Labute approximate surface area is 176 Å². The Hall–Kier alpha value is -1.79. The predicted octanol–water partition coefficient (Wildman–Crippen LogP) is 0.905. The summed E-state index contributed by atoms with van der Waals surface area (Å²) in [7, 11) is 0. The van der Waals surface area contributed by atoms with Crippen molar-refractivity contribution in [2.75, 3.05) is 18.9 Å². The monoisotopic (exact) mass is 449 g/mol. The minimum absolute atomic E-state index is 0.242. The van der Waals surface area contributed by atoms with E-state index in [2.05, 4.69) is 4.99 Å². The lowest BCUT2D eigenvalue weighted by Gasteiger charge is -2.44. The van der Waals surface area contributed by atoms with Crippen molar-refractivity contribution in [2.24, 2.45) is 4.99 Å². The molecule has 5 atom stereocenters. The number of hydrogen-bond acceptors (Lipinski definition) is 12. The van der Waals surface area contributed by atoms with Crippen molar-refractivity contribution in [3.05, 3.63) is 0 Å². The molecule has 0 aromatic heterocycles. The quantitative estimate of drug-likeness (QED) is 0.424. The van der Waals surface area contributed by atoms with Gasteiger partial charge in [0.2, 0.25) is 0 Å². The molecule has 0 amide bonds. The van der Waals surface area contributed by atoms with Gasteiger partial charge in [-0.05, 0) is 0 Å². The molecule has 0 aromatic rings. The second kappa shape index (κ2) is 10.8. The van der Waals surface area contributed by atoms with E-state index in [1.165, 1.54) is 51.2 Å². The molecular weight excluding hydrogens is 426 g/mol. The molecule has 0 unspecified atom stereocenters. The summed E-state index contributed by atoms with van der Waals surface area (Å²) in [5.74, 6) is -1.68. The first-order valence-electron chi connectivity index (χ1n) is 8.81. The molecule has 2 aliphatic rings. The molecular formula is C17H23NO9S2. The van der Waals surface area contributed by atoms with Crippen molar-refractivity contribution in [2.45, 2.75) is 57.5 Å². The van der Waals surface area contributed by atoms with Crippen LogP contribution in [0.3, 0.4) is 0 Å². The molecule has 0 saturated carbocycles. The number of thioether (sulfide) groups is 2. The third kappa shape index (κ3) is 7.19. The third-order valence-electron chi connectivity index (χ3n) is 3.72. The minimum Gasteiger partial charge on any atom is -0.463 e. The molecule has 0 spiro atoms. The Kier molecular flexibility index (Phi) is 8.78. The van der Waals surface area contributed by atoms with Crippen LogP contribution in [0.4, 0.5) is 0 Å². The van der Waals surface area contributed by atoms with Gasteiger partial charge in [0, 0.05) is 33.4 Å². The van der Waals surface area contributed by atoms with Crippen LogP contribution in [0.1, 0.15) is 27.7 Å². The maximum absolute atomic E-state index is 11.7. The van der Waals surface area contributed by atoms with Crippen molar-refractivity contribution in [3.63, 3.8) is 0 Å². The first-order valence-corrected chi connectivity index (χ1v) is 10.7. The highest BCUT2D eigenvalue weighted by Crippen LogP contribution is 2.37. The van der Waals surface area contributed by atoms with Crippen LogP contribution in [0.5, 0.6) is 0 Å². The number of ether oxygens (including phenoxy) is 5. The van der Waals surface area contributed by atoms with E-state index in [1.807, 2.05) is 0 Å². The summed E-state index contributed by atoms with van der Waals surface area (Å²) in [6.45, 7) is 5.21. The summed E-state index contributed by atoms with van der Waals surface area (Å²) in [6, 6.07) is 0. The lowest BCUT2D eigenvalue weighted by atomic mass is 9.99. The van der Waals surface area contributed by atoms with Gasteiger partial charge in [0.1, 0.15) is 17.1 Å². The van der Waals surface area contributed by atoms with Gasteiger partial charge < -0.3 is 23.7 Å². The molecule has 0 N–H and O–H groups in total. The molecule has 0 radical (unpaired) electrons. The van der Waals surface area contributed by atoms with Crippen LogP contribution in [0.15, 0.2) is 4.99 Å². The van der Waals surface area contributed by atoms with Crippen LogP contribution < -0.4 is 0 Å². The average molecular weight is 450 g/mol. The molecule has 2 aliphatic heterocycles. The van der Waals surface area contributed by atoms with E-state index in [9.17, 15) is 19.2 Å². The SMILES string of the molecule is CC(=O)OC[C@H]1O[C@@H](SC2=NCCS2)[C@H](OC(C)=O)[C@@H](OC(C)=O)[C@H]1OC(C)=O. The van der Waals surface area contributed by atoms with Gasteiger partial charge in [-0.25, -0.2) is 0 Å².